The Bertz CT molecular complexity index is 1030. The molecule has 2 heterocycles. The van der Waals surface area contributed by atoms with Crippen molar-refractivity contribution in [2.75, 3.05) is 5.32 Å². The van der Waals surface area contributed by atoms with E-state index in [4.69, 9.17) is 0 Å². The van der Waals surface area contributed by atoms with Gasteiger partial charge in [-0.1, -0.05) is 24.3 Å². The molecule has 0 bridgehead atoms. The number of carbonyl (C=O) groups excluding carboxylic acids is 1. The molecule has 2 aromatic carbocycles. The van der Waals surface area contributed by atoms with Gasteiger partial charge in [0.2, 0.25) is 5.95 Å². The molecule has 1 N–H and O–H groups in total. The summed E-state index contributed by atoms with van der Waals surface area (Å²) in [7, 11) is 0. The van der Waals surface area contributed by atoms with Crippen molar-refractivity contribution < 1.29 is 9.18 Å². The van der Waals surface area contributed by atoms with E-state index < -0.39 is 5.95 Å². The minimum absolute atomic E-state index is 0.298. The maximum atomic E-state index is 12.9. The van der Waals surface area contributed by atoms with Crippen LogP contribution in [-0.2, 0) is 0 Å². The fourth-order valence-corrected chi connectivity index (χ4v) is 3.40. The smallest absolute Gasteiger partial charge is 0.257 e. The molecule has 0 unspecified atom stereocenters. The Morgan fingerprint density at radius 2 is 1.92 bits per heavy atom. The number of pyridine rings is 1. The second kappa shape index (κ2) is 6.41. The number of nitrogens with zero attached hydrogens (tertiary/aromatic N) is 2. The number of nitrogens with one attached hydrogen (secondary N) is 1. The van der Waals surface area contributed by atoms with Crippen molar-refractivity contribution in [2.24, 2.45) is 0 Å². The third kappa shape index (κ3) is 3.25. The van der Waals surface area contributed by atoms with Crippen molar-refractivity contribution in [1.29, 1.82) is 0 Å². The highest BCUT2D eigenvalue weighted by Crippen LogP contribution is 2.31. The van der Waals surface area contributed by atoms with Gasteiger partial charge in [-0.2, -0.15) is 4.39 Å². The molecular formula is C19H12FN3OS. The molecule has 4 aromatic rings. The number of aromatic nitrogens is 2. The van der Waals surface area contributed by atoms with Gasteiger partial charge in [-0.3, -0.25) is 4.79 Å². The molecule has 0 atom stereocenters. The van der Waals surface area contributed by atoms with Crippen molar-refractivity contribution in [1.82, 2.24) is 9.97 Å². The molecular weight excluding hydrogens is 337 g/mol. The zero-order valence-electron chi connectivity index (χ0n) is 12.9. The predicted molar refractivity (Wildman–Crippen MR) is 97.2 cm³/mol. The number of rotatable bonds is 3. The van der Waals surface area contributed by atoms with Crippen LogP contribution in [0.2, 0.25) is 0 Å². The molecule has 1 amide bonds. The van der Waals surface area contributed by atoms with E-state index in [0.717, 1.165) is 26.9 Å². The zero-order chi connectivity index (χ0) is 17.2. The first-order valence-corrected chi connectivity index (χ1v) is 8.39. The molecule has 0 saturated carbocycles. The minimum atomic E-state index is -0.616. The van der Waals surface area contributed by atoms with Crippen LogP contribution >= 0.6 is 11.3 Å². The highest BCUT2D eigenvalue weighted by molar-refractivity contribution is 7.21. The van der Waals surface area contributed by atoms with Gasteiger partial charge in [-0.15, -0.1) is 11.3 Å². The van der Waals surface area contributed by atoms with E-state index in [9.17, 15) is 9.18 Å². The Kier molecular flexibility index (Phi) is 3.95. The van der Waals surface area contributed by atoms with Gasteiger partial charge in [-0.25, -0.2) is 9.97 Å². The molecule has 0 radical (unpaired) electrons. The summed E-state index contributed by atoms with van der Waals surface area (Å²) in [5.41, 5.74) is 2.82. The van der Waals surface area contributed by atoms with Crippen LogP contribution in [0, 0.1) is 5.95 Å². The average molecular weight is 349 g/mol. The van der Waals surface area contributed by atoms with E-state index in [1.165, 1.54) is 12.3 Å². The Morgan fingerprint density at radius 1 is 1.04 bits per heavy atom. The van der Waals surface area contributed by atoms with Gasteiger partial charge in [0.1, 0.15) is 5.01 Å². The van der Waals surface area contributed by atoms with Gasteiger partial charge in [0.05, 0.1) is 15.8 Å². The zero-order valence-corrected chi connectivity index (χ0v) is 13.8. The van der Waals surface area contributed by atoms with E-state index >= 15 is 0 Å². The van der Waals surface area contributed by atoms with Gasteiger partial charge in [0, 0.05) is 17.4 Å². The van der Waals surface area contributed by atoms with E-state index in [1.54, 1.807) is 17.4 Å². The van der Waals surface area contributed by atoms with Crippen LogP contribution in [-0.4, -0.2) is 15.9 Å². The number of carbonyl (C=O) groups is 1. The number of hydrogen-bond acceptors (Lipinski definition) is 4. The third-order valence-corrected chi connectivity index (χ3v) is 4.74. The molecule has 0 aliphatic carbocycles. The second-order valence-electron chi connectivity index (χ2n) is 5.39. The molecule has 4 rings (SSSR count). The average Bonchev–Trinajstić information content (AvgIpc) is 3.07. The molecule has 6 heteroatoms. The summed E-state index contributed by atoms with van der Waals surface area (Å²) in [6, 6.07) is 18.0. The first kappa shape index (κ1) is 15.4. The molecule has 0 saturated heterocycles. The molecule has 122 valence electrons. The molecule has 2 aromatic heterocycles. The first-order valence-electron chi connectivity index (χ1n) is 7.58. The third-order valence-electron chi connectivity index (χ3n) is 3.65. The van der Waals surface area contributed by atoms with Crippen molar-refractivity contribution in [3.63, 3.8) is 0 Å². The molecule has 25 heavy (non-hydrogen) atoms. The number of para-hydroxylation sites is 1. The van der Waals surface area contributed by atoms with Crippen LogP contribution in [0.4, 0.5) is 10.1 Å². The number of benzene rings is 2. The van der Waals surface area contributed by atoms with Crippen LogP contribution in [0.1, 0.15) is 10.4 Å². The lowest BCUT2D eigenvalue weighted by Gasteiger charge is -2.06. The van der Waals surface area contributed by atoms with Crippen molar-refractivity contribution in [3.8, 4) is 10.6 Å². The molecule has 0 aliphatic rings. The van der Waals surface area contributed by atoms with Crippen LogP contribution in [0.5, 0.6) is 0 Å². The maximum Gasteiger partial charge on any atom is 0.257 e. The van der Waals surface area contributed by atoms with Crippen LogP contribution in [0.3, 0.4) is 0 Å². The lowest BCUT2D eigenvalue weighted by Crippen LogP contribution is -2.12. The molecule has 0 aliphatic heterocycles. The fraction of sp³-hybridized carbons (Fsp3) is 0. The number of hydrogen-bond donors (Lipinski definition) is 1. The first-order chi connectivity index (χ1) is 12.2. The summed E-state index contributed by atoms with van der Waals surface area (Å²) in [4.78, 5) is 20.3. The largest absolute Gasteiger partial charge is 0.322 e. The summed E-state index contributed by atoms with van der Waals surface area (Å²) in [5.74, 6) is -0.955. The fourth-order valence-electron chi connectivity index (χ4n) is 2.44. The van der Waals surface area contributed by atoms with E-state index in [2.05, 4.69) is 15.3 Å². The van der Waals surface area contributed by atoms with Crippen molar-refractivity contribution >= 4 is 33.1 Å². The van der Waals surface area contributed by atoms with Crippen molar-refractivity contribution in [3.05, 3.63) is 78.4 Å². The summed E-state index contributed by atoms with van der Waals surface area (Å²) >= 11 is 1.60. The van der Waals surface area contributed by atoms with Crippen LogP contribution in [0.25, 0.3) is 20.8 Å². The number of thiazole rings is 1. The molecule has 4 nitrogen and oxygen atoms in total. The monoisotopic (exact) mass is 349 g/mol. The minimum Gasteiger partial charge on any atom is -0.322 e. The number of halogens is 1. The summed E-state index contributed by atoms with van der Waals surface area (Å²) < 4.78 is 14.0. The number of amides is 1. The van der Waals surface area contributed by atoms with Gasteiger partial charge in [0.15, 0.2) is 0 Å². The van der Waals surface area contributed by atoms with Gasteiger partial charge < -0.3 is 5.32 Å². The lowest BCUT2D eigenvalue weighted by molar-refractivity contribution is 0.102. The molecule has 0 fully saturated rings. The highest BCUT2D eigenvalue weighted by Gasteiger charge is 2.10. The molecule has 0 spiro atoms. The number of anilines is 1. The maximum absolute atomic E-state index is 12.9. The topological polar surface area (TPSA) is 54.9 Å². The van der Waals surface area contributed by atoms with E-state index in [1.807, 2.05) is 42.5 Å². The van der Waals surface area contributed by atoms with Crippen LogP contribution < -0.4 is 5.32 Å². The Balaban J connectivity index is 1.60. The lowest BCUT2D eigenvalue weighted by atomic mass is 10.2. The predicted octanol–water partition coefficient (Wildman–Crippen LogP) is 4.75. The van der Waals surface area contributed by atoms with Crippen molar-refractivity contribution in [2.45, 2.75) is 0 Å². The van der Waals surface area contributed by atoms with Gasteiger partial charge in [-0.05, 0) is 36.4 Å². The van der Waals surface area contributed by atoms with Crippen LogP contribution in [0.15, 0.2) is 66.9 Å². The SMILES string of the molecule is O=C(Nc1cccc(-c2nc3ccccc3s2)c1)c1ccc(F)nc1. The Hall–Kier alpha value is -3.12. The summed E-state index contributed by atoms with van der Waals surface area (Å²) in [6.07, 6.45) is 1.21. The summed E-state index contributed by atoms with van der Waals surface area (Å²) in [5, 5.41) is 3.69. The van der Waals surface area contributed by atoms with E-state index in [-0.39, 0.29) is 5.91 Å². The number of fused-ring (bicyclic) bond motifs is 1. The highest BCUT2D eigenvalue weighted by atomic mass is 32.1. The Labute approximate surface area is 147 Å². The van der Waals surface area contributed by atoms with Gasteiger partial charge in [0.25, 0.3) is 5.91 Å². The quantitative estimate of drug-likeness (QED) is 0.543. The Morgan fingerprint density at radius 3 is 2.72 bits per heavy atom. The standard InChI is InChI=1S/C19H12FN3OS/c20-17-9-8-13(11-21-17)18(24)22-14-5-3-4-12(10-14)19-23-15-6-1-2-7-16(15)25-19/h1-11H,(H,22,24). The second-order valence-corrected chi connectivity index (χ2v) is 6.42. The summed E-state index contributed by atoms with van der Waals surface area (Å²) in [6.45, 7) is 0. The van der Waals surface area contributed by atoms with Gasteiger partial charge >= 0.3 is 0 Å². The van der Waals surface area contributed by atoms with E-state index in [0.29, 0.717) is 11.3 Å². The normalized spacial score (nSPS) is 10.8.